The van der Waals surface area contributed by atoms with Crippen molar-refractivity contribution < 1.29 is 5.11 Å². The Kier molecular flexibility index (Phi) is 7.54. The summed E-state index contributed by atoms with van der Waals surface area (Å²) in [5, 5.41) is 30.7. The molecule has 9 heteroatoms. The van der Waals surface area contributed by atoms with Crippen molar-refractivity contribution in [3.05, 3.63) is 111 Å². The van der Waals surface area contributed by atoms with Crippen LogP contribution in [0.1, 0.15) is 54.4 Å². The van der Waals surface area contributed by atoms with Gasteiger partial charge in [-0.3, -0.25) is 9.78 Å². The lowest BCUT2D eigenvalue weighted by Gasteiger charge is -2.19. The van der Waals surface area contributed by atoms with E-state index in [-0.39, 0.29) is 17.6 Å². The van der Waals surface area contributed by atoms with E-state index in [1.807, 2.05) is 50.6 Å². The SMILES string of the molecule is CN(C)Cc1ccc(Cc2nn(-c3cccc(-n4ncc5cc(C(C)(C)C)ccc5c4=O)c3CO)cc2C#N)nc1. The predicted molar refractivity (Wildman–Crippen MR) is 158 cm³/mol. The van der Waals surface area contributed by atoms with Crippen LogP contribution in [0.5, 0.6) is 0 Å². The van der Waals surface area contributed by atoms with E-state index in [9.17, 15) is 15.2 Å². The van der Waals surface area contributed by atoms with Gasteiger partial charge in [0.2, 0.25) is 0 Å². The minimum Gasteiger partial charge on any atom is -0.392 e. The Bertz CT molecular complexity index is 1820. The van der Waals surface area contributed by atoms with Crippen LogP contribution in [0.3, 0.4) is 0 Å². The standard InChI is InChI=1S/C32H33N7O2/c1-32(2,3)24-10-12-26-22(13-24)17-35-39(31(26)41)30-8-6-7-29(27(30)20-40)38-19-23(15-33)28(36-38)14-25-11-9-21(16-34-25)18-37(4)5/h6-13,16-17,19,40H,14,18,20H2,1-5H3. The maximum atomic E-state index is 13.5. The van der Waals surface area contributed by atoms with E-state index < -0.39 is 0 Å². The highest BCUT2D eigenvalue weighted by molar-refractivity contribution is 5.82. The fourth-order valence-corrected chi connectivity index (χ4v) is 4.87. The number of hydrogen-bond donors (Lipinski definition) is 1. The van der Waals surface area contributed by atoms with Crippen LogP contribution in [0.2, 0.25) is 0 Å². The largest absolute Gasteiger partial charge is 0.392 e. The van der Waals surface area contributed by atoms with Crippen LogP contribution in [0.25, 0.3) is 22.1 Å². The van der Waals surface area contributed by atoms with E-state index in [1.165, 1.54) is 4.68 Å². The average Bonchev–Trinajstić information content (AvgIpc) is 3.35. The van der Waals surface area contributed by atoms with E-state index >= 15 is 0 Å². The summed E-state index contributed by atoms with van der Waals surface area (Å²) >= 11 is 0. The second-order valence-corrected chi connectivity index (χ2v) is 11.5. The number of pyridine rings is 1. The van der Waals surface area contributed by atoms with Gasteiger partial charge < -0.3 is 10.0 Å². The third-order valence-electron chi connectivity index (χ3n) is 7.06. The maximum absolute atomic E-state index is 13.5. The first-order valence-corrected chi connectivity index (χ1v) is 13.4. The molecule has 1 N–H and O–H groups in total. The summed E-state index contributed by atoms with van der Waals surface area (Å²) in [5.41, 5.74) is 5.13. The number of rotatable bonds is 7. The van der Waals surface area contributed by atoms with Crippen molar-refractivity contribution in [1.82, 2.24) is 29.4 Å². The van der Waals surface area contributed by atoms with Gasteiger partial charge in [0.25, 0.3) is 5.56 Å². The number of aromatic nitrogens is 5. The Hall–Kier alpha value is -4.65. The number of nitriles is 1. The molecule has 5 rings (SSSR count). The molecular formula is C32H33N7O2. The van der Waals surface area contributed by atoms with E-state index in [1.54, 1.807) is 35.3 Å². The van der Waals surface area contributed by atoms with E-state index in [0.717, 1.165) is 28.8 Å². The number of fused-ring (bicyclic) bond motifs is 1. The molecule has 0 aliphatic rings. The number of hydrogen-bond acceptors (Lipinski definition) is 7. The van der Waals surface area contributed by atoms with Crippen LogP contribution >= 0.6 is 0 Å². The molecule has 9 nitrogen and oxygen atoms in total. The number of aliphatic hydroxyl groups is 1. The first kappa shape index (κ1) is 27.9. The van der Waals surface area contributed by atoms with Crippen molar-refractivity contribution >= 4 is 10.8 Å². The van der Waals surface area contributed by atoms with Crippen LogP contribution in [0, 0.1) is 11.3 Å². The van der Waals surface area contributed by atoms with Gasteiger partial charge in [-0.1, -0.05) is 39.0 Å². The first-order valence-electron chi connectivity index (χ1n) is 13.4. The van der Waals surface area contributed by atoms with E-state index in [0.29, 0.717) is 40.0 Å². The molecular weight excluding hydrogens is 514 g/mol. The summed E-state index contributed by atoms with van der Waals surface area (Å²) in [6, 6.07) is 17.3. The Morgan fingerprint density at radius 3 is 2.49 bits per heavy atom. The number of aliphatic hydroxyl groups excluding tert-OH is 1. The highest BCUT2D eigenvalue weighted by Crippen LogP contribution is 2.26. The molecule has 0 atom stereocenters. The Balaban J connectivity index is 1.53. The molecule has 0 unspecified atom stereocenters. The molecule has 3 heterocycles. The lowest BCUT2D eigenvalue weighted by molar-refractivity contribution is 0.280. The zero-order valence-electron chi connectivity index (χ0n) is 24.0. The Morgan fingerprint density at radius 2 is 1.83 bits per heavy atom. The monoisotopic (exact) mass is 547 g/mol. The van der Waals surface area contributed by atoms with Crippen molar-refractivity contribution in [2.24, 2.45) is 0 Å². The molecule has 0 aliphatic heterocycles. The summed E-state index contributed by atoms with van der Waals surface area (Å²) in [4.78, 5) is 20.2. The normalized spacial score (nSPS) is 11.8. The highest BCUT2D eigenvalue weighted by atomic mass is 16.3. The molecule has 0 spiro atoms. The van der Waals surface area contributed by atoms with Gasteiger partial charge in [0.15, 0.2) is 0 Å². The quantitative estimate of drug-likeness (QED) is 0.324. The third-order valence-corrected chi connectivity index (χ3v) is 7.06. The van der Waals surface area contributed by atoms with E-state index in [2.05, 4.69) is 41.8 Å². The van der Waals surface area contributed by atoms with Crippen LogP contribution < -0.4 is 5.56 Å². The van der Waals surface area contributed by atoms with Crippen LogP contribution in [0.4, 0.5) is 0 Å². The smallest absolute Gasteiger partial charge is 0.279 e. The van der Waals surface area contributed by atoms with Gasteiger partial charge in [-0.25, -0.2) is 4.68 Å². The molecule has 0 radical (unpaired) electrons. The molecule has 0 aliphatic carbocycles. The lowest BCUT2D eigenvalue weighted by atomic mass is 9.86. The van der Waals surface area contributed by atoms with Crippen LogP contribution in [-0.2, 0) is 25.0 Å². The van der Waals surface area contributed by atoms with Crippen molar-refractivity contribution in [2.45, 2.75) is 45.8 Å². The molecule has 5 aromatic rings. The zero-order valence-corrected chi connectivity index (χ0v) is 24.0. The summed E-state index contributed by atoms with van der Waals surface area (Å²) in [5.74, 6) is 0. The first-order chi connectivity index (χ1) is 19.6. The molecule has 0 bridgehead atoms. The number of benzene rings is 2. The molecule has 0 amide bonds. The van der Waals surface area contributed by atoms with Gasteiger partial charge in [-0.15, -0.1) is 0 Å². The predicted octanol–water partition coefficient (Wildman–Crippen LogP) is 4.28. The second kappa shape index (κ2) is 11.1. The lowest BCUT2D eigenvalue weighted by Crippen LogP contribution is -2.23. The molecule has 3 aromatic heterocycles. The van der Waals surface area contributed by atoms with Gasteiger partial charge in [0, 0.05) is 42.0 Å². The number of nitrogens with zero attached hydrogens (tertiary/aromatic N) is 7. The van der Waals surface area contributed by atoms with Crippen molar-refractivity contribution in [1.29, 1.82) is 5.26 Å². The van der Waals surface area contributed by atoms with Gasteiger partial charge in [-0.05, 0) is 61.0 Å². The molecule has 41 heavy (non-hydrogen) atoms. The summed E-state index contributed by atoms with van der Waals surface area (Å²) < 4.78 is 2.88. The van der Waals surface area contributed by atoms with Crippen LogP contribution in [0.15, 0.2) is 71.9 Å². The fourth-order valence-electron chi connectivity index (χ4n) is 4.87. The average molecular weight is 548 g/mol. The molecule has 0 saturated carbocycles. The van der Waals surface area contributed by atoms with Crippen molar-refractivity contribution in [3.8, 4) is 17.4 Å². The van der Waals surface area contributed by atoms with Gasteiger partial charge in [0.05, 0.1) is 40.8 Å². The van der Waals surface area contributed by atoms with Gasteiger partial charge in [0.1, 0.15) is 6.07 Å². The Morgan fingerprint density at radius 1 is 1.05 bits per heavy atom. The van der Waals surface area contributed by atoms with Crippen molar-refractivity contribution in [3.63, 3.8) is 0 Å². The molecule has 2 aromatic carbocycles. The Labute approximate surface area is 238 Å². The third kappa shape index (κ3) is 5.66. The fraction of sp³-hybridized carbons (Fsp3) is 0.281. The van der Waals surface area contributed by atoms with Gasteiger partial charge >= 0.3 is 0 Å². The minimum atomic E-state index is -0.355. The van der Waals surface area contributed by atoms with Crippen molar-refractivity contribution in [2.75, 3.05) is 14.1 Å². The highest BCUT2D eigenvalue weighted by Gasteiger charge is 2.19. The molecule has 0 fully saturated rings. The summed E-state index contributed by atoms with van der Waals surface area (Å²) in [6.45, 7) is 6.81. The zero-order chi connectivity index (χ0) is 29.3. The van der Waals surface area contributed by atoms with Crippen LogP contribution in [-0.4, -0.2) is 48.6 Å². The topological polar surface area (TPSA) is 113 Å². The van der Waals surface area contributed by atoms with E-state index in [4.69, 9.17) is 5.10 Å². The summed E-state index contributed by atoms with van der Waals surface area (Å²) in [7, 11) is 4.01. The maximum Gasteiger partial charge on any atom is 0.279 e. The molecule has 0 saturated heterocycles. The summed E-state index contributed by atoms with van der Waals surface area (Å²) in [6.07, 6.45) is 5.54. The second-order valence-electron chi connectivity index (χ2n) is 11.5. The minimum absolute atomic E-state index is 0.0576. The molecule has 208 valence electrons. The van der Waals surface area contributed by atoms with Gasteiger partial charge in [-0.2, -0.15) is 20.1 Å².